The van der Waals surface area contributed by atoms with E-state index in [0.29, 0.717) is 28.0 Å². The molecule has 1 aromatic carbocycles. The van der Waals surface area contributed by atoms with Crippen LogP contribution in [0.4, 0.5) is 11.4 Å². The number of nitro groups is 1. The molecule has 1 N–H and O–H groups in total. The highest BCUT2D eigenvalue weighted by Crippen LogP contribution is 2.27. The number of anilines is 1. The lowest BCUT2D eigenvalue weighted by Crippen LogP contribution is -2.16. The first-order valence-corrected chi connectivity index (χ1v) is 7.23. The predicted molar refractivity (Wildman–Crippen MR) is 89.0 cm³/mol. The second-order valence-corrected chi connectivity index (χ2v) is 5.52. The highest BCUT2D eigenvalue weighted by Gasteiger charge is 2.16. The maximum atomic E-state index is 12.5. The molecule has 2 heterocycles. The van der Waals surface area contributed by atoms with Gasteiger partial charge in [0.1, 0.15) is 5.69 Å². The van der Waals surface area contributed by atoms with Gasteiger partial charge in [-0.05, 0) is 32.0 Å². The summed E-state index contributed by atoms with van der Waals surface area (Å²) in [7, 11) is 1.68. The van der Waals surface area contributed by atoms with E-state index < -0.39 is 4.92 Å². The van der Waals surface area contributed by atoms with Gasteiger partial charge < -0.3 is 5.32 Å². The van der Waals surface area contributed by atoms with Gasteiger partial charge in [0.25, 0.3) is 11.6 Å². The number of non-ortho nitro benzene ring substituents is 1. The van der Waals surface area contributed by atoms with Gasteiger partial charge in [-0.3, -0.25) is 24.6 Å². The number of carbonyl (C=O) groups is 1. The third-order valence-corrected chi connectivity index (χ3v) is 3.61. The van der Waals surface area contributed by atoms with E-state index in [9.17, 15) is 14.9 Å². The number of hydrogen-bond donors (Lipinski definition) is 1. The van der Waals surface area contributed by atoms with Crippen LogP contribution >= 0.6 is 0 Å². The summed E-state index contributed by atoms with van der Waals surface area (Å²) in [5, 5.41) is 18.5. The Morgan fingerprint density at radius 3 is 2.58 bits per heavy atom. The summed E-state index contributed by atoms with van der Waals surface area (Å²) >= 11 is 0. The van der Waals surface area contributed by atoms with Gasteiger partial charge >= 0.3 is 0 Å². The molecular weight excluding hydrogens is 310 g/mol. The number of fused-ring (bicyclic) bond motifs is 1. The molecule has 3 aromatic rings. The summed E-state index contributed by atoms with van der Waals surface area (Å²) in [6.45, 7) is 3.59. The van der Waals surface area contributed by atoms with Crippen LogP contribution in [0.3, 0.4) is 0 Å². The maximum Gasteiger partial charge on any atom is 0.273 e. The fourth-order valence-electron chi connectivity index (χ4n) is 2.57. The average molecular weight is 325 g/mol. The van der Waals surface area contributed by atoms with Crippen LogP contribution in [0.25, 0.3) is 10.9 Å². The fraction of sp³-hybridized carbons (Fsp3) is 0.188. The maximum absolute atomic E-state index is 12.5. The molecule has 0 unspecified atom stereocenters. The van der Waals surface area contributed by atoms with Crippen LogP contribution in [0, 0.1) is 24.0 Å². The van der Waals surface area contributed by atoms with Crippen molar-refractivity contribution in [3.8, 4) is 0 Å². The molecule has 1 amide bonds. The molecule has 0 spiro atoms. The number of pyridine rings is 1. The number of hydrogen-bond acceptors (Lipinski definition) is 5. The average Bonchev–Trinajstić information content (AvgIpc) is 2.85. The van der Waals surface area contributed by atoms with Gasteiger partial charge in [-0.1, -0.05) is 0 Å². The standard InChI is InChI=1S/C16H15N5O3/c1-9-6-14(18-16(22)15-7-10(2)19-20(15)3)12-8-11(21(23)24)4-5-13(12)17-9/h4-8H,1-3H3,(H,17,18,22). The second-order valence-electron chi connectivity index (χ2n) is 5.52. The Labute approximate surface area is 137 Å². The van der Waals surface area contributed by atoms with E-state index in [1.165, 1.54) is 16.8 Å². The molecule has 0 bridgehead atoms. The molecule has 2 aromatic heterocycles. The van der Waals surface area contributed by atoms with Crippen LogP contribution in [-0.4, -0.2) is 25.6 Å². The van der Waals surface area contributed by atoms with Crippen LogP contribution < -0.4 is 5.32 Å². The normalized spacial score (nSPS) is 10.8. The Balaban J connectivity index is 2.07. The SMILES string of the molecule is Cc1cc(NC(=O)c2cc(C)nn2C)c2cc([N+](=O)[O-])ccc2n1. The lowest BCUT2D eigenvalue weighted by atomic mass is 10.1. The van der Waals surface area contributed by atoms with Crippen LogP contribution in [0.5, 0.6) is 0 Å². The van der Waals surface area contributed by atoms with E-state index in [-0.39, 0.29) is 11.6 Å². The van der Waals surface area contributed by atoms with Gasteiger partial charge in [0.15, 0.2) is 0 Å². The van der Waals surface area contributed by atoms with E-state index in [0.717, 1.165) is 5.69 Å². The molecule has 0 aliphatic rings. The van der Waals surface area contributed by atoms with Gasteiger partial charge in [-0.15, -0.1) is 0 Å². The molecule has 8 nitrogen and oxygen atoms in total. The first-order chi connectivity index (χ1) is 11.3. The van der Waals surface area contributed by atoms with E-state index in [1.54, 1.807) is 39.1 Å². The minimum atomic E-state index is -0.477. The topological polar surface area (TPSA) is 103 Å². The number of aryl methyl sites for hydroxylation is 3. The number of nitrogens with one attached hydrogen (secondary N) is 1. The third kappa shape index (κ3) is 2.81. The summed E-state index contributed by atoms with van der Waals surface area (Å²) < 4.78 is 1.49. The van der Waals surface area contributed by atoms with Crippen LogP contribution in [0.15, 0.2) is 30.3 Å². The molecular formula is C16H15N5O3. The van der Waals surface area contributed by atoms with Crippen molar-refractivity contribution in [2.45, 2.75) is 13.8 Å². The number of benzene rings is 1. The Bertz CT molecular complexity index is 977. The summed E-state index contributed by atoms with van der Waals surface area (Å²) in [6.07, 6.45) is 0. The smallest absolute Gasteiger partial charge is 0.273 e. The van der Waals surface area contributed by atoms with Gasteiger partial charge in [-0.2, -0.15) is 5.10 Å². The molecule has 24 heavy (non-hydrogen) atoms. The molecule has 3 rings (SSSR count). The molecule has 0 fully saturated rings. The zero-order chi connectivity index (χ0) is 17.4. The van der Waals surface area contributed by atoms with Crippen molar-refractivity contribution < 1.29 is 9.72 Å². The number of nitrogens with zero attached hydrogens (tertiary/aromatic N) is 4. The minimum Gasteiger partial charge on any atom is -0.320 e. The van der Waals surface area contributed by atoms with E-state index in [4.69, 9.17) is 0 Å². The van der Waals surface area contributed by atoms with Crippen molar-refractivity contribution in [3.63, 3.8) is 0 Å². The first-order valence-electron chi connectivity index (χ1n) is 7.23. The van der Waals surface area contributed by atoms with Crippen molar-refractivity contribution in [3.05, 3.63) is 57.5 Å². The predicted octanol–water partition coefficient (Wildman–Crippen LogP) is 2.75. The molecule has 122 valence electrons. The van der Waals surface area contributed by atoms with E-state index >= 15 is 0 Å². The number of carbonyl (C=O) groups excluding carboxylic acids is 1. The Hall–Kier alpha value is -3.29. The summed E-state index contributed by atoms with van der Waals surface area (Å²) in [5.41, 5.74) is 2.84. The summed E-state index contributed by atoms with van der Waals surface area (Å²) in [5.74, 6) is -0.337. The fourth-order valence-corrected chi connectivity index (χ4v) is 2.57. The van der Waals surface area contributed by atoms with Crippen molar-refractivity contribution in [1.29, 1.82) is 0 Å². The quantitative estimate of drug-likeness (QED) is 0.589. The summed E-state index contributed by atoms with van der Waals surface area (Å²) in [4.78, 5) is 27.4. The van der Waals surface area contributed by atoms with Gasteiger partial charge in [0, 0.05) is 30.3 Å². The zero-order valence-electron chi connectivity index (χ0n) is 13.4. The van der Waals surface area contributed by atoms with Crippen molar-refractivity contribution in [2.75, 3.05) is 5.32 Å². The van der Waals surface area contributed by atoms with E-state index in [1.807, 2.05) is 0 Å². The molecule has 0 aliphatic heterocycles. The molecule has 0 atom stereocenters. The lowest BCUT2D eigenvalue weighted by Gasteiger charge is -2.10. The number of rotatable bonds is 3. The molecule has 0 aliphatic carbocycles. The Morgan fingerprint density at radius 1 is 1.21 bits per heavy atom. The second kappa shape index (κ2) is 5.73. The number of aromatic nitrogens is 3. The highest BCUT2D eigenvalue weighted by atomic mass is 16.6. The van der Waals surface area contributed by atoms with Gasteiger partial charge in [-0.25, -0.2) is 0 Å². The monoisotopic (exact) mass is 325 g/mol. The molecule has 0 saturated heterocycles. The van der Waals surface area contributed by atoms with Gasteiger partial charge in [0.2, 0.25) is 0 Å². The van der Waals surface area contributed by atoms with Crippen molar-refractivity contribution in [1.82, 2.24) is 14.8 Å². The number of amides is 1. The Kier molecular flexibility index (Phi) is 3.72. The lowest BCUT2D eigenvalue weighted by molar-refractivity contribution is -0.384. The highest BCUT2D eigenvalue weighted by molar-refractivity contribution is 6.08. The first kappa shape index (κ1) is 15.6. The van der Waals surface area contributed by atoms with Crippen LogP contribution in [0.1, 0.15) is 21.9 Å². The molecule has 0 saturated carbocycles. The summed E-state index contributed by atoms with van der Waals surface area (Å²) in [6, 6.07) is 7.74. The van der Waals surface area contributed by atoms with E-state index in [2.05, 4.69) is 15.4 Å². The molecule has 0 radical (unpaired) electrons. The Morgan fingerprint density at radius 2 is 1.96 bits per heavy atom. The van der Waals surface area contributed by atoms with Crippen molar-refractivity contribution in [2.24, 2.45) is 7.05 Å². The third-order valence-electron chi connectivity index (χ3n) is 3.61. The van der Waals surface area contributed by atoms with Gasteiger partial charge in [0.05, 0.1) is 21.8 Å². The van der Waals surface area contributed by atoms with Crippen LogP contribution in [0.2, 0.25) is 0 Å². The molecule has 8 heteroatoms. The van der Waals surface area contributed by atoms with Crippen LogP contribution in [-0.2, 0) is 7.05 Å². The zero-order valence-corrected chi connectivity index (χ0v) is 13.4. The van der Waals surface area contributed by atoms with Crippen molar-refractivity contribution >= 4 is 28.2 Å². The largest absolute Gasteiger partial charge is 0.320 e. The minimum absolute atomic E-state index is 0.0555. The number of nitro benzene ring substituents is 1.